The number of furan rings is 1. The standard InChI is InChI=1S/C18H30N2O3/c1-12-9-10-16(22-12)13(2)20-15-8-6-7-14(15)11-19-17(21)23-18(3,4)5/h9-10,13-15,20H,6-8,11H2,1-5H3,(H,19,21). The summed E-state index contributed by atoms with van der Waals surface area (Å²) >= 11 is 0. The van der Waals surface area contributed by atoms with Crippen molar-refractivity contribution in [1.82, 2.24) is 10.6 Å². The van der Waals surface area contributed by atoms with Crippen LogP contribution in [-0.2, 0) is 4.74 Å². The highest BCUT2D eigenvalue weighted by Gasteiger charge is 2.29. The summed E-state index contributed by atoms with van der Waals surface area (Å²) in [7, 11) is 0. The van der Waals surface area contributed by atoms with E-state index in [1.54, 1.807) is 0 Å². The molecule has 5 nitrogen and oxygen atoms in total. The summed E-state index contributed by atoms with van der Waals surface area (Å²) in [6.07, 6.45) is 3.10. The normalized spacial score (nSPS) is 22.8. The van der Waals surface area contributed by atoms with Crippen molar-refractivity contribution in [2.75, 3.05) is 6.54 Å². The molecular formula is C18H30N2O3. The zero-order valence-electron chi connectivity index (χ0n) is 14.9. The van der Waals surface area contributed by atoms with Crippen molar-refractivity contribution in [3.63, 3.8) is 0 Å². The smallest absolute Gasteiger partial charge is 0.407 e. The Morgan fingerprint density at radius 3 is 2.74 bits per heavy atom. The quantitative estimate of drug-likeness (QED) is 0.862. The van der Waals surface area contributed by atoms with Gasteiger partial charge < -0.3 is 19.8 Å². The van der Waals surface area contributed by atoms with E-state index in [4.69, 9.17) is 9.15 Å². The van der Waals surface area contributed by atoms with Crippen LogP contribution in [0.5, 0.6) is 0 Å². The molecule has 0 radical (unpaired) electrons. The van der Waals surface area contributed by atoms with E-state index >= 15 is 0 Å². The number of rotatable bonds is 5. The number of hydrogen-bond donors (Lipinski definition) is 2. The van der Waals surface area contributed by atoms with Crippen molar-refractivity contribution in [2.45, 2.75) is 71.6 Å². The summed E-state index contributed by atoms with van der Waals surface area (Å²) in [4.78, 5) is 11.8. The molecule has 2 N–H and O–H groups in total. The van der Waals surface area contributed by atoms with Crippen LogP contribution in [0.1, 0.15) is 64.5 Å². The number of alkyl carbamates (subject to hydrolysis) is 1. The average Bonchev–Trinajstić information content (AvgIpc) is 3.03. The molecule has 3 unspecified atom stereocenters. The average molecular weight is 322 g/mol. The molecule has 1 heterocycles. The van der Waals surface area contributed by atoms with Crippen molar-refractivity contribution in [2.24, 2.45) is 5.92 Å². The molecule has 0 saturated heterocycles. The minimum absolute atomic E-state index is 0.177. The van der Waals surface area contributed by atoms with Crippen LogP contribution in [0.3, 0.4) is 0 Å². The molecule has 0 aliphatic heterocycles. The van der Waals surface area contributed by atoms with E-state index in [2.05, 4.69) is 17.6 Å². The van der Waals surface area contributed by atoms with E-state index in [0.717, 1.165) is 24.4 Å². The molecule has 1 amide bonds. The predicted octanol–water partition coefficient (Wildman–Crippen LogP) is 3.93. The van der Waals surface area contributed by atoms with Crippen molar-refractivity contribution in [3.8, 4) is 0 Å². The monoisotopic (exact) mass is 322 g/mol. The van der Waals surface area contributed by atoms with E-state index in [9.17, 15) is 4.79 Å². The lowest BCUT2D eigenvalue weighted by molar-refractivity contribution is 0.0517. The van der Waals surface area contributed by atoms with Crippen molar-refractivity contribution < 1.29 is 13.9 Å². The molecule has 0 spiro atoms. The van der Waals surface area contributed by atoms with Gasteiger partial charge in [-0.3, -0.25) is 0 Å². The van der Waals surface area contributed by atoms with Crippen molar-refractivity contribution in [1.29, 1.82) is 0 Å². The molecule has 0 aromatic carbocycles. The molecule has 1 aliphatic rings. The molecule has 1 aromatic heterocycles. The van der Waals surface area contributed by atoms with Crippen molar-refractivity contribution in [3.05, 3.63) is 23.7 Å². The molecule has 3 atom stereocenters. The van der Waals surface area contributed by atoms with Gasteiger partial charge in [-0.15, -0.1) is 0 Å². The molecule has 130 valence electrons. The summed E-state index contributed by atoms with van der Waals surface area (Å²) in [6, 6.07) is 4.58. The van der Waals surface area contributed by atoms with Gasteiger partial charge in [-0.1, -0.05) is 6.42 Å². The Kier molecular flexibility index (Phi) is 5.74. The lowest BCUT2D eigenvalue weighted by atomic mass is 10.0. The van der Waals surface area contributed by atoms with Crippen LogP contribution in [0, 0.1) is 12.8 Å². The van der Waals surface area contributed by atoms with E-state index < -0.39 is 5.60 Å². The van der Waals surface area contributed by atoms with Crippen LogP contribution in [0.25, 0.3) is 0 Å². The van der Waals surface area contributed by atoms with Gasteiger partial charge in [0.15, 0.2) is 0 Å². The lowest BCUT2D eigenvalue weighted by Gasteiger charge is -2.25. The maximum Gasteiger partial charge on any atom is 0.407 e. The fraction of sp³-hybridized carbons (Fsp3) is 0.722. The van der Waals surface area contributed by atoms with Gasteiger partial charge in [-0.05, 0) is 65.5 Å². The topological polar surface area (TPSA) is 63.5 Å². The molecule has 23 heavy (non-hydrogen) atoms. The van der Waals surface area contributed by atoms with Crippen LogP contribution in [-0.4, -0.2) is 24.3 Å². The predicted molar refractivity (Wildman–Crippen MR) is 90.4 cm³/mol. The lowest BCUT2D eigenvalue weighted by Crippen LogP contribution is -2.41. The Balaban J connectivity index is 1.82. The highest BCUT2D eigenvalue weighted by atomic mass is 16.6. The first-order valence-electron chi connectivity index (χ1n) is 8.54. The number of amides is 1. The van der Waals surface area contributed by atoms with Gasteiger partial charge in [0.05, 0.1) is 6.04 Å². The third-order valence-corrected chi connectivity index (χ3v) is 4.22. The zero-order valence-corrected chi connectivity index (χ0v) is 14.9. The fourth-order valence-electron chi connectivity index (χ4n) is 3.12. The van der Waals surface area contributed by atoms with Gasteiger partial charge in [-0.2, -0.15) is 0 Å². The Morgan fingerprint density at radius 2 is 2.13 bits per heavy atom. The summed E-state index contributed by atoms with van der Waals surface area (Å²) in [6.45, 7) is 10.4. The van der Waals surface area contributed by atoms with Crippen molar-refractivity contribution >= 4 is 6.09 Å². The van der Waals surface area contributed by atoms with E-state index in [1.165, 1.54) is 6.42 Å². The van der Waals surface area contributed by atoms with Crippen LogP contribution < -0.4 is 10.6 Å². The van der Waals surface area contributed by atoms with Gasteiger partial charge in [-0.25, -0.2) is 4.79 Å². The maximum atomic E-state index is 11.8. The molecule has 1 aliphatic carbocycles. The zero-order chi connectivity index (χ0) is 17.0. The SMILES string of the molecule is Cc1ccc(C(C)NC2CCCC2CNC(=O)OC(C)(C)C)o1. The van der Waals surface area contributed by atoms with Crippen LogP contribution in [0.2, 0.25) is 0 Å². The second-order valence-electron chi connectivity index (χ2n) is 7.52. The number of hydrogen-bond acceptors (Lipinski definition) is 4. The fourth-order valence-corrected chi connectivity index (χ4v) is 3.12. The first-order valence-corrected chi connectivity index (χ1v) is 8.54. The molecule has 0 bridgehead atoms. The highest BCUT2D eigenvalue weighted by Crippen LogP contribution is 2.28. The molecule has 1 fully saturated rings. The van der Waals surface area contributed by atoms with E-state index in [1.807, 2.05) is 39.8 Å². The third kappa shape index (κ3) is 5.57. The van der Waals surface area contributed by atoms with Crippen LogP contribution >= 0.6 is 0 Å². The molecule has 5 heteroatoms. The number of ether oxygens (including phenoxy) is 1. The second kappa shape index (κ2) is 7.39. The number of nitrogens with one attached hydrogen (secondary N) is 2. The summed E-state index contributed by atoms with van der Waals surface area (Å²) in [5, 5.41) is 6.55. The Labute approximate surface area is 139 Å². The summed E-state index contributed by atoms with van der Waals surface area (Å²) in [5.74, 6) is 2.33. The van der Waals surface area contributed by atoms with Gasteiger partial charge in [0.25, 0.3) is 0 Å². The van der Waals surface area contributed by atoms with E-state index in [0.29, 0.717) is 18.5 Å². The second-order valence-corrected chi connectivity index (χ2v) is 7.52. The van der Waals surface area contributed by atoms with Gasteiger partial charge >= 0.3 is 6.09 Å². The third-order valence-electron chi connectivity index (χ3n) is 4.22. The highest BCUT2D eigenvalue weighted by molar-refractivity contribution is 5.67. The van der Waals surface area contributed by atoms with Crippen LogP contribution in [0.4, 0.5) is 4.79 Å². The summed E-state index contributed by atoms with van der Waals surface area (Å²) in [5.41, 5.74) is -0.455. The summed E-state index contributed by atoms with van der Waals surface area (Å²) < 4.78 is 11.0. The van der Waals surface area contributed by atoms with Crippen LogP contribution in [0.15, 0.2) is 16.5 Å². The van der Waals surface area contributed by atoms with Gasteiger partial charge in [0.1, 0.15) is 17.1 Å². The number of carbonyl (C=O) groups is 1. The first-order chi connectivity index (χ1) is 10.7. The molecule has 1 saturated carbocycles. The first kappa shape index (κ1) is 17.9. The molecular weight excluding hydrogens is 292 g/mol. The Bertz CT molecular complexity index is 519. The number of carbonyl (C=O) groups excluding carboxylic acids is 1. The Hall–Kier alpha value is -1.49. The number of aryl methyl sites for hydroxylation is 1. The minimum Gasteiger partial charge on any atom is -0.465 e. The maximum absolute atomic E-state index is 11.8. The minimum atomic E-state index is -0.455. The van der Waals surface area contributed by atoms with Gasteiger partial charge in [0, 0.05) is 12.6 Å². The van der Waals surface area contributed by atoms with Gasteiger partial charge in [0.2, 0.25) is 0 Å². The molecule has 1 aromatic rings. The van der Waals surface area contributed by atoms with E-state index in [-0.39, 0.29) is 12.1 Å². The Morgan fingerprint density at radius 1 is 1.39 bits per heavy atom. The molecule has 2 rings (SSSR count). The largest absolute Gasteiger partial charge is 0.465 e.